The highest BCUT2D eigenvalue weighted by atomic mass is 35.5. The Bertz CT molecular complexity index is 1060. The predicted octanol–water partition coefficient (Wildman–Crippen LogP) is 1.95. The number of hydrogen-bond acceptors (Lipinski definition) is 6. The third-order valence-corrected chi connectivity index (χ3v) is 4.49. The monoisotopic (exact) mass is 428 g/mol. The van der Waals surface area contributed by atoms with Gasteiger partial charge in [-0.25, -0.2) is 4.68 Å². The smallest absolute Gasteiger partial charge is 0.268 e. The SMILES string of the molecule is Cc1nn(CC(C)C)c(Cl)c1/C=C/C(=O)NNC(=O)c1ccc(-n2cnnn2)cc1. The summed E-state index contributed by atoms with van der Waals surface area (Å²) in [5, 5.41) is 15.7. The summed E-state index contributed by atoms with van der Waals surface area (Å²) >= 11 is 6.35. The summed E-state index contributed by atoms with van der Waals surface area (Å²) in [5.74, 6) is -0.571. The highest BCUT2D eigenvalue weighted by molar-refractivity contribution is 6.31. The molecule has 0 aliphatic rings. The minimum absolute atomic E-state index is 0.366. The lowest BCUT2D eigenvalue weighted by molar-refractivity contribution is -0.117. The van der Waals surface area contributed by atoms with Crippen molar-refractivity contribution in [1.29, 1.82) is 0 Å². The molecule has 0 radical (unpaired) electrons. The molecule has 3 aromatic rings. The van der Waals surface area contributed by atoms with Crippen LogP contribution >= 0.6 is 11.6 Å². The molecule has 0 unspecified atom stereocenters. The molecule has 0 fully saturated rings. The molecule has 2 N–H and O–H groups in total. The summed E-state index contributed by atoms with van der Waals surface area (Å²) in [7, 11) is 0. The number of amides is 2. The van der Waals surface area contributed by atoms with E-state index < -0.39 is 11.8 Å². The van der Waals surface area contributed by atoms with Crippen LogP contribution in [0.5, 0.6) is 0 Å². The summed E-state index contributed by atoms with van der Waals surface area (Å²) in [4.78, 5) is 24.3. The van der Waals surface area contributed by atoms with E-state index in [1.165, 1.54) is 17.1 Å². The van der Waals surface area contributed by atoms with Crippen LogP contribution in [0.2, 0.25) is 5.15 Å². The van der Waals surface area contributed by atoms with Gasteiger partial charge in [-0.05, 0) is 53.6 Å². The molecule has 0 atom stereocenters. The Morgan fingerprint density at radius 2 is 1.93 bits per heavy atom. The molecule has 0 spiro atoms. The fraction of sp³-hybridized carbons (Fsp3) is 0.263. The molecule has 156 valence electrons. The number of nitrogens with zero attached hydrogens (tertiary/aromatic N) is 6. The van der Waals surface area contributed by atoms with Crippen molar-refractivity contribution in [2.24, 2.45) is 5.92 Å². The van der Waals surface area contributed by atoms with Crippen LogP contribution in [-0.4, -0.2) is 41.8 Å². The van der Waals surface area contributed by atoms with Gasteiger partial charge in [-0.3, -0.25) is 25.1 Å². The molecule has 0 aliphatic carbocycles. The van der Waals surface area contributed by atoms with Crippen molar-refractivity contribution in [3.05, 3.63) is 58.6 Å². The largest absolute Gasteiger partial charge is 0.269 e. The van der Waals surface area contributed by atoms with Gasteiger partial charge in [0, 0.05) is 23.7 Å². The number of carbonyl (C=O) groups excluding carboxylic acids is 2. The number of rotatable bonds is 6. The van der Waals surface area contributed by atoms with Gasteiger partial charge in [0.1, 0.15) is 11.5 Å². The average Bonchev–Trinajstić information content (AvgIpc) is 3.34. The molecule has 2 amide bonds. The van der Waals surface area contributed by atoms with Crippen LogP contribution in [-0.2, 0) is 11.3 Å². The quantitative estimate of drug-likeness (QED) is 0.457. The second kappa shape index (κ2) is 9.31. The molecule has 30 heavy (non-hydrogen) atoms. The molecule has 1 aromatic carbocycles. The van der Waals surface area contributed by atoms with Gasteiger partial charge in [-0.2, -0.15) is 5.10 Å². The lowest BCUT2D eigenvalue weighted by atomic mass is 10.2. The fourth-order valence-corrected chi connectivity index (χ4v) is 2.97. The lowest BCUT2D eigenvalue weighted by Crippen LogP contribution is -2.40. The van der Waals surface area contributed by atoms with E-state index in [1.807, 2.05) is 6.92 Å². The van der Waals surface area contributed by atoms with E-state index >= 15 is 0 Å². The van der Waals surface area contributed by atoms with Crippen molar-refractivity contribution >= 4 is 29.5 Å². The van der Waals surface area contributed by atoms with E-state index in [1.54, 1.807) is 35.0 Å². The molecule has 0 saturated carbocycles. The molecule has 3 rings (SSSR count). The molecule has 10 nitrogen and oxygen atoms in total. The van der Waals surface area contributed by atoms with E-state index in [2.05, 4.69) is 45.3 Å². The molecule has 0 saturated heterocycles. The van der Waals surface area contributed by atoms with Crippen LogP contribution in [0.3, 0.4) is 0 Å². The van der Waals surface area contributed by atoms with Gasteiger partial charge in [-0.1, -0.05) is 25.4 Å². The maximum absolute atomic E-state index is 12.2. The number of hydrazine groups is 1. The minimum atomic E-state index is -0.499. The third-order valence-electron chi connectivity index (χ3n) is 4.09. The molecule has 2 heterocycles. The van der Waals surface area contributed by atoms with E-state index in [4.69, 9.17) is 11.6 Å². The van der Waals surface area contributed by atoms with Crippen molar-refractivity contribution in [3.63, 3.8) is 0 Å². The zero-order chi connectivity index (χ0) is 21.7. The first-order chi connectivity index (χ1) is 14.3. The van der Waals surface area contributed by atoms with E-state index in [0.717, 1.165) is 5.69 Å². The standard InChI is InChI=1S/C19H21ClN8O2/c1-12(2)10-27-18(20)16(13(3)24-27)8-9-17(29)22-23-19(30)14-4-6-15(7-5-14)28-11-21-25-26-28/h4-9,11-12H,10H2,1-3H3,(H,22,29)(H,23,30)/b9-8+. The second-order valence-corrected chi connectivity index (χ2v) is 7.30. The van der Waals surface area contributed by atoms with Gasteiger partial charge in [0.2, 0.25) is 0 Å². The van der Waals surface area contributed by atoms with E-state index in [9.17, 15) is 9.59 Å². The van der Waals surface area contributed by atoms with Gasteiger partial charge in [0.25, 0.3) is 11.8 Å². The first-order valence-electron chi connectivity index (χ1n) is 9.20. The number of aryl methyl sites for hydroxylation is 1. The van der Waals surface area contributed by atoms with Crippen molar-refractivity contribution in [2.75, 3.05) is 0 Å². The summed E-state index contributed by atoms with van der Waals surface area (Å²) in [6.45, 7) is 6.64. The maximum atomic E-state index is 12.2. The number of halogens is 1. The zero-order valence-electron chi connectivity index (χ0n) is 16.7. The highest BCUT2D eigenvalue weighted by Gasteiger charge is 2.12. The average molecular weight is 429 g/mol. The van der Waals surface area contributed by atoms with Crippen LogP contribution in [0.25, 0.3) is 11.8 Å². The van der Waals surface area contributed by atoms with Crippen LogP contribution in [0.1, 0.15) is 35.5 Å². The number of aromatic nitrogens is 6. The first kappa shape index (κ1) is 21.2. The fourth-order valence-electron chi connectivity index (χ4n) is 2.66. The maximum Gasteiger partial charge on any atom is 0.269 e. The Kier molecular flexibility index (Phi) is 6.58. The molecular weight excluding hydrogens is 408 g/mol. The first-order valence-corrected chi connectivity index (χ1v) is 9.57. The van der Waals surface area contributed by atoms with Gasteiger partial charge in [0.05, 0.1) is 11.4 Å². The molecule has 2 aromatic heterocycles. The van der Waals surface area contributed by atoms with E-state index in [0.29, 0.717) is 34.4 Å². The molecule has 0 bridgehead atoms. The van der Waals surface area contributed by atoms with Crippen molar-refractivity contribution in [3.8, 4) is 5.69 Å². The van der Waals surface area contributed by atoms with Crippen LogP contribution in [0.4, 0.5) is 0 Å². The van der Waals surface area contributed by atoms with E-state index in [-0.39, 0.29) is 0 Å². The molecule has 0 aliphatic heterocycles. The predicted molar refractivity (Wildman–Crippen MR) is 111 cm³/mol. The van der Waals surface area contributed by atoms with Gasteiger partial charge < -0.3 is 0 Å². The number of hydrogen-bond donors (Lipinski definition) is 2. The number of benzene rings is 1. The summed E-state index contributed by atoms with van der Waals surface area (Å²) in [6.07, 6.45) is 4.31. The topological polar surface area (TPSA) is 120 Å². The van der Waals surface area contributed by atoms with Crippen LogP contribution in [0, 0.1) is 12.8 Å². The van der Waals surface area contributed by atoms with Crippen LogP contribution in [0.15, 0.2) is 36.7 Å². The summed E-state index contributed by atoms with van der Waals surface area (Å²) < 4.78 is 3.17. The van der Waals surface area contributed by atoms with Gasteiger partial charge in [-0.15, -0.1) is 5.10 Å². The number of tetrazole rings is 1. The lowest BCUT2D eigenvalue weighted by Gasteiger charge is -2.06. The van der Waals surface area contributed by atoms with Crippen LogP contribution < -0.4 is 10.9 Å². The zero-order valence-corrected chi connectivity index (χ0v) is 17.5. The summed E-state index contributed by atoms with van der Waals surface area (Å²) in [5.41, 5.74) is 7.15. The third kappa shape index (κ3) is 5.09. The Hall–Kier alpha value is -3.53. The Balaban J connectivity index is 1.57. The number of carbonyl (C=O) groups is 2. The Morgan fingerprint density at radius 1 is 1.20 bits per heavy atom. The van der Waals surface area contributed by atoms with Gasteiger partial charge >= 0.3 is 0 Å². The molecular formula is C19H21ClN8O2. The Morgan fingerprint density at radius 3 is 2.57 bits per heavy atom. The van der Waals surface area contributed by atoms with Crippen molar-refractivity contribution in [1.82, 2.24) is 40.8 Å². The number of nitrogens with one attached hydrogen (secondary N) is 2. The second-order valence-electron chi connectivity index (χ2n) is 6.94. The summed E-state index contributed by atoms with van der Waals surface area (Å²) in [6, 6.07) is 6.57. The van der Waals surface area contributed by atoms with Gasteiger partial charge in [0.15, 0.2) is 0 Å². The molecule has 11 heteroatoms. The highest BCUT2D eigenvalue weighted by Crippen LogP contribution is 2.22. The Labute approximate surface area is 177 Å². The normalized spacial score (nSPS) is 11.2. The minimum Gasteiger partial charge on any atom is -0.268 e. The van der Waals surface area contributed by atoms with Crippen molar-refractivity contribution in [2.45, 2.75) is 27.3 Å². The van der Waals surface area contributed by atoms with Crippen molar-refractivity contribution < 1.29 is 9.59 Å².